The first kappa shape index (κ1) is 13.3. The molecule has 2 unspecified atom stereocenters. The lowest BCUT2D eigenvalue weighted by molar-refractivity contribution is 0.0479. The summed E-state index contributed by atoms with van der Waals surface area (Å²) in [7, 11) is 0. The second kappa shape index (κ2) is 5.34. The molecular formula is C16H29N3. The van der Waals surface area contributed by atoms with E-state index in [4.69, 9.17) is 5.73 Å². The van der Waals surface area contributed by atoms with Crippen molar-refractivity contribution in [3.05, 3.63) is 0 Å². The molecule has 1 heterocycles. The largest absolute Gasteiger partial charge is 0.370 e. The Balaban J connectivity index is 1.84. The smallest absolute Gasteiger partial charge is 0.192 e. The average molecular weight is 263 g/mol. The van der Waals surface area contributed by atoms with Crippen LogP contribution >= 0.6 is 0 Å². The van der Waals surface area contributed by atoms with Gasteiger partial charge in [-0.25, -0.2) is 0 Å². The lowest BCUT2D eigenvalue weighted by atomic mass is 9.72. The first-order valence-corrected chi connectivity index (χ1v) is 8.33. The van der Waals surface area contributed by atoms with Crippen molar-refractivity contribution < 1.29 is 0 Å². The van der Waals surface area contributed by atoms with Crippen LogP contribution in [0.4, 0.5) is 0 Å². The molecular weight excluding hydrogens is 234 g/mol. The van der Waals surface area contributed by atoms with Gasteiger partial charge in [0, 0.05) is 6.04 Å². The third-order valence-electron chi connectivity index (χ3n) is 5.85. The molecule has 3 nitrogen and oxygen atoms in total. The maximum absolute atomic E-state index is 6.30. The summed E-state index contributed by atoms with van der Waals surface area (Å²) in [6.45, 7) is 3.38. The summed E-state index contributed by atoms with van der Waals surface area (Å²) < 4.78 is 0. The van der Waals surface area contributed by atoms with Gasteiger partial charge in [-0.05, 0) is 31.6 Å². The molecule has 0 saturated heterocycles. The predicted molar refractivity (Wildman–Crippen MR) is 80.2 cm³/mol. The molecule has 2 atom stereocenters. The van der Waals surface area contributed by atoms with Gasteiger partial charge in [-0.3, -0.25) is 4.99 Å². The Morgan fingerprint density at radius 3 is 2.42 bits per heavy atom. The molecule has 0 amide bonds. The Morgan fingerprint density at radius 1 is 1.05 bits per heavy atom. The summed E-state index contributed by atoms with van der Waals surface area (Å²) in [6.07, 6.45) is 13.6. The first-order chi connectivity index (χ1) is 9.24. The maximum Gasteiger partial charge on any atom is 0.192 e. The van der Waals surface area contributed by atoms with Crippen molar-refractivity contribution in [2.24, 2.45) is 16.6 Å². The van der Waals surface area contributed by atoms with Crippen LogP contribution in [-0.4, -0.2) is 29.0 Å². The minimum atomic E-state index is 0.275. The summed E-state index contributed by atoms with van der Waals surface area (Å²) >= 11 is 0. The highest BCUT2D eigenvalue weighted by Gasteiger charge is 2.49. The van der Waals surface area contributed by atoms with E-state index in [-0.39, 0.29) is 5.54 Å². The van der Waals surface area contributed by atoms with Crippen molar-refractivity contribution in [3.8, 4) is 0 Å². The normalized spacial score (nSPS) is 37.4. The van der Waals surface area contributed by atoms with Crippen molar-refractivity contribution in [2.45, 2.75) is 82.7 Å². The zero-order valence-electron chi connectivity index (χ0n) is 12.4. The van der Waals surface area contributed by atoms with Crippen LogP contribution in [0.5, 0.6) is 0 Å². The minimum Gasteiger partial charge on any atom is -0.370 e. The Morgan fingerprint density at radius 2 is 1.74 bits per heavy atom. The number of nitrogens with zero attached hydrogens (tertiary/aromatic N) is 2. The topological polar surface area (TPSA) is 41.6 Å². The van der Waals surface area contributed by atoms with Gasteiger partial charge < -0.3 is 10.6 Å². The van der Waals surface area contributed by atoms with Gasteiger partial charge in [0.25, 0.3) is 0 Å². The number of guanidine groups is 1. The Kier molecular flexibility index (Phi) is 3.72. The molecule has 0 radical (unpaired) electrons. The fourth-order valence-electron chi connectivity index (χ4n) is 4.65. The van der Waals surface area contributed by atoms with E-state index in [0.29, 0.717) is 6.04 Å². The van der Waals surface area contributed by atoms with Crippen molar-refractivity contribution in [1.82, 2.24) is 4.90 Å². The van der Waals surface area contributed by atoms with E-state index in [1.807, 2.05) is 0 Å². The van der Waals surface area contributed by atoms with Crippen LogP contribution in [0.1, 0.15) is 71.1 Å². The standard InChI is InChI=1S/C16H29N3/c1-13-8-6-7-11-16(13)12-18-15(17)19(16)14-9-4-2-3-5-10-14/h13-14H,2-12H2,1H3,(H2,17,18). The quantitative estimate of drug-likeness (QED) is 0.738. The van der Waals surface area contributed by atoms with Gasteiger partial charge in [-0.2, -0.15) is 0 Å². The van der Waals surface area contributed by atoms with Crippen LogP contribution in [0.2, 0.25) is 0 Å². The van der Waals surface area contributed by atoms with E-state index >= 15 is 0 Å². The molecule has 1 aliphatic heterocycles. The van der Waals surface area contributed by atoms with E-state index in [1.165, 1.54) is 64.2 Å². The van der Waals surface area contributed by atoms with E-state index in [9.17, 15) is 0 Å². The van der Waals surface area contributed by atoms with Gasteiger partial charge in [0.15, 0.2) is 5.96 Å². The molecule has 0 aromatic carbocycles. The zero-order valence-corrected chi connectivity index (χ0v) is 12.4. The molecule has 3 heteroatoms. The number of nitrogens with two attached hydrogens (primary N) is 1. The third-order valence-corrected chi connectivity index (χ3v) is 5.85. The van der Waals surface area contributed by atoms with Crippen LogP contribution in [-0.2, 0) is 0 Å². The van der Waals surface area contributed by atoms with E-state index in [0.717, 1.165) is 18.4 Å². The number of hydrogen-bond donors (Lipinski definition) is 1. The molecule has 19 heavy (non-hydrogen) atoms. The summed E-state index contributed by atoms with van der Waals surface area (Å²) in [6, 6.07) is 0.661. The molecule has 2 fully saturated rings. The zero-order chi connectivity index (χ0) is 13.3. The second-order valence-corrected chi connectivity index (χ2v) is 6.94. The molecule has 0 bridgehead atoms. The van der Waals surface area contributed by atoms with Crippen molar-refractivity contribution in [1.29, 1.82) is 0 Å². The van der Waals surface area contributed by atoms with Gasteiger partial charge in [-0.1, -0.05) is 45.4 Å². The molecule has 2 saturated carbocycles. The third kappa shape index (κ3) is 2.25. The lowest BCUT2D eigenvalue weighted by Crippen LogP contribution is -2.60. The van der Waals surface area contributed by atoms with E-state index < -0.39 is 0 Å². The van der Waals surface area contributed by atoms with Gasteiger partial charge in [0.05, 0.1) is 12.1 Å². The molecule has 1 spiro atoms. The summed E-state index contributed by atoms with van der Waals surface area (Å²) in [5.74, 6) is 1.59. The number of rotatable bonds is 1. The van der Waals surface area contributed by atoms with Crippen LogP contribution in [0.25, 0.3) is 0 Å². The lowest BCUT2D eigenvalue weighted by Gasteiger charge is -2.50. The highest BCUT2D eigenvalue weighted by Crippen LogP contribution is 2.43. The van der Waals surface area contributed by atoms with Crippen LogP contribution in [0.15, 0.2) is 4.99 Å². The van der Waals surface area contributed by atoms with Gasteiger partial charge in [0.1, 0.15) is 0 Å². The van der Waals surface area contributed by atoms with Gasteiger partial charge >= 0.3 is 0 Å². The van der Waals surface area contributed by atoms with Crippen LogP contribution < -0.4 is 5.73 Å². The fourth-order valence-corrected chi connectivity index (χ4v) is 4.65. The van der Waals surface area contributed by atoms with Crippen LogP contribution in [0.3, 0.4) is 0 Å². The van der Waals surface area contributed by atoms with E-state index in [2.05, 4.69) is 16.8 Å². The highest BCUT2D eigenvalue weighted by atomic mass is 15.4. The summed E-state index contributed by atoms with van der Waals surface area (Å²) in [5, 5.41) is 0. The summed E-state index contributed by atoms with van der Waals surface area (Å²) in [5.41, 5.74) is 6.58. The van der Waals surface area contributed by atoms with Crippen molar-refractivity contribution in [2.75, 3.05) is 6.54 Å². The van der Waals surface area contributed by atoms with Gasteiger partial charge in [-0.15, -0.1) is 0 Å². The van der Waals surface area contributed by atoms with Crippen LogP contribution in [0, 0.1) is 5.92 Å². The Bertz CT molecular complexity index is 344. The van der Waals surface area contributed by atoms with Gasteiger partial charge in [0.2, 0.25) is 0 Å². The molecule has 108 valence electrons. The maximum atomic E-state index is 6.30. The Labute approximate surface area is 117 Å². The molecule has 0 aromatic rings. The molecule has 2 N–H and O–H groups in total. The molecule has 0 aromatic heterocycles. The SMILES string of the molecule is CC1CCCCC12CN=C(N)N2C1CCCCCC1. The monoisotopic (exact) mass is 263 g/mol. The van der Waals surface area contributed by atoms with Crippen molar-refractivity contribution in [3.63, 3.8) is 0 Å². The van der Waals surface area contributed by atoms with Crippen molar-refractivity contribution >= 4 is 5.96 Å². The van der Waals surface area contributed by atoms with E-state index in [1.54, 1.807) is 0 Å². The first-order valence-electron chi connectivity index (χ1n) is 8.33. The second-order valence-electron chi connectivity index (χ2n) is 6.94. The molecule has 3 rings (SSSR count). The fraction of sp³-hybridized carbons (Fsp3) is 0.938. The Hall–Kier alpha value is -0.730. The molecule has 3 aliphatic rings. The minimum absolute atomic E-state index is 0.275. The average Bonchev–Trinajstić information content (AvgIpc) is 2.61. The molecule has 2 aliphatic carbocycles. The number of aliphatic imine (C=N–C) groups is 1. The highest BCUT2D eigenvalue weighted by molar-refractivity contribution is 5.81. The predicted octanol–water partition coefficient (Wildman–Crippen LogP) is 3.29. The summed E-state index contributed by atoms with van der Waals surface area (Å²) in [4.78, 5) is 7.26. The number of hydrogen-bond acceptors (Lipinski definition) is 3.